The minimum absolute atomic E-state index is 0.896. The zero-order valence-electron chi connectivity index (χ0n) is 10.3. The van der Waals surface area contributed by atoms with Crippen LogP contribution < -0.4 is 5.32 Å². The van der Waals surface area contributed by atoms with E-state index in [1.54, 1.807) is 0 Å². The molecule has 2 heterocycles. The Labute approximate surface area is 103 Å². The topological polar surface area (TPSA) is 42.3 Å². The SMILES string of the molecule is c1cnn(CCNCCCN2CCOCC2)c1. The molecule has 0 spiro atoms. The molecule has 0 radical (unpaired) electrons. The highest BCUT2D eigenvalue weighted by atomic mass is 16.5. The average molecular weight is 238 g/mol. The summed E-state index contributed by atoms with van der Waals surface area (Å²) in [6, 6.07) is 1.96. The molecule has 0 bridgehead atoms. The van der Waals surface area contributed by atoms with Gasteiger partial charge in [-0.15, -0.1) is 0 Å². The van der Waals surface area contributed by atoms with E-state index in [1.807, 2.05) is 23.1 Å². The smallest absolute Gasteiger partial charge is 0.0594 e. The van der Waals surface area contributed by atoms with Crippen molar-refractivity contribution < 1.29 is 4.74 Å². The highest BCUT2D eigenvalue weighted by molar-refractivity contribution is 4.77. The molecule has 1 saturated heterocycles. The van der Waals surface area contributed by atoms with E-state index in [2.05, 4.69) is 15.3 Å². The highest BCUT2D eigenvalue weighted by Crippen LogP contribution is 1.97. The molecule has 1 aromatic heterocycles. The molecule has 0 aromatic carbocycles. The molecular weight excluding hydrogens is 216 g/mol. The van der Waals surface area contributed by atoms with Crippen LogP contribution in [0.1, 0.15) is 6.42 Å². The van der Waals surface area contributed by atoms with Crippen molar-refractivity contribution in [2.24, 2.45) is 0 Å². The molecular formula is C12H22N4O. The number of nitrogens with one attached hydrogen (secondary N) is 1. The van der Waals surface area contributed by atoms with E-state index >= 15 is 0 Å². The number of ether oxygens (including phenoxy) is 1. The maximum atomic E-state index is 5.32. The van der Waals surface area contributed by atoms with Crippen molar-refractivity contribution in [2.75, 3.05) is 45.9 Å². The summed E-state index contributed by atoms with van der Waals surface area (Å²) in [4.78, 5) is 2.47. The van der Waals surface area contributed by atoms with Crippen molar-refractivity contribution in [2.45, 2.75) is 13.0 Å². The third-order valence-electron chi connectivity index (χ3n) is 3.01. The Bertz CT molecular complexity index is 283. The maximum absolute atomic E-state index is 5.32. The van der Waals surface area contributed by atoms with Crippen LogP contribution in [0, 0.1) is 0 Å². The largest absolute Gasteiger partial charge is 0.379 e. The summed E-state index contributed by atoms with van der Waals surface area (Å²) in [5.74, 6) is 0. The quantitative estimate of drug-likeness (QED) is 0.689. The van der Waals surface area contributed by atoms with Gasteiger partial charge in [0.1, 0.15) is 0 Å². The number of hydrogen-bond acceptors (Lipinski definition) is 4. The molecule has 1 aliphatic heterocycles. The Morgan fingerprint density at radius 3 is 2.82 bits per heavy atom. The van der Waals surface area contributed by atoms with Crippen molar-refractivity contribution in [1.82, 2.24) is 20.0 Å². The number of morpholine rings is 1. The lowest BCUT2D eigenvalue weighted by Gasteiger charge is -2.26. The third kappa shape index (κ3) is 4.85. The predicted molar refractivity (Wildman–Crippen MR) is 67.0 cm³/mol. The normalized spacial score (nSPS) is 17.4. The van der Waals surface area contributed by atoms with Gasteiger partial charge in [-0.1, -0.05) is 0 Å². The summed E-state index contributed by atoms with van der Waals surface area (Å²) < 4.78 is 7.27. The van der Waals surface area contributed by atoms with Crippen LogP contribution in [-0.4, -0.2) is 60.6 Å². The van der Waals surface area contributed by atoms with E-state index in [-0.39, 0.29) is 0 Å². The molecule has 0 saturated carbocycles. The Balaban J connectivity index is 1.43. The van der Waals surface area contributed by atoms with Gasteiger partial charge in [-0.3, -0.25) is 9.58 Å². The van der Waals surface area contributed by atoms with Gasteiger partial charge in [0, 0.05) is 32.0 Å². The molecule has 17 heavy (non-hydrogen) atoms. The summed E-state index contributed by atoms with van der Waals surface area (Å²) in [5, 5.41) is 7.61. The lowest BCUT2D eigenvalue weighted by molar-refractivity contribution is 0.0374. The van der Waals surface area contributed by atoms with Gasteiger partial charge in [-0.2, -0.15) is 5.10 Å². The van der Waals surface area contributed by atoms with Gasteiger partial charge in [0.05, 0.1) is 19.8 Å². The number of rotatable bonds is 7. The first kappa shape index (κ1) is 12.5. The fourth-order valence-electron chi connectivity index (χ4n) is 2.00. The van der Waals surface area contributed by atoms with Crippen LogP contribution in [-0.2, 0) is 11.3 Å². The number of nitrogens with zero attached hydrogens (tertiary/aromatic N) is 3. The molecule has 0 aliphatic carbocycles. The zero-order valence-corrected chi connectivity index (χ0v) is 10.3. The van der Waals surface area contributed by atoms with Crippen LogP contribution in [0.2, 0.25) is 0 Å². The third-order valence-corrected chi connectivity index (χ3v) is 3.01. The summed E-state index contributed by atoms with van der Waals surface area (Å²) in [7, 11) is 0. The standard InChI is InChI=1S/C12H22N4O/c1(6-15-9-11-17-12-10-15)3-13-5-8-16-7-2-4-14-16/h2,4,7,13H,1,3,5-6,8-12H2. The second kappa shape index (κ2) is 7.42. The number of aromatic nitrogens is 2. The lowest BCUT2D eigenvalue weighted by Crippen LogP contribution is -2.37. The lowest BCUT2D eigenvalue weighted by atomic mass is 10.3. The molecule has 96 valence electrons. The molecule has 1 aromatic rings. The average Bonchev–Trinajstić information content (AvgIpc) is 2.88. The van der Waals surface area contributed by atoms with Crippen LogP contribution in [0.3, 0.4) is 0 Å². The fourth-order valence-corrected chi connectivity index (χ4v) is 2.00. The van der Waals surface area contributed by atoms with Crippen molar-refractivity contribution in [3.8, 4) is 0 Å². The molecule has 0 unspecified atom stereocenters. The van der Waals surface area contributed by atoms with Gasteiger partial charge in [-0.25, -0.2) is 0 Å². The van der Waals surface area contributed by atoms with Crippen LogP contribution in [0.25, 0.3) is 0 Å². The van der Waals surface area contributed by atoms with E-state index in [0.29, 0.717) is 0 Å². The van der Waals surface area contributed by atoms with E-state index in [0.717, 1.165) is 45.9 Å². The van der Waals surface area contributed by atoms with Crippen molar-refractivity contribution in [3.63, 3.8) is 0 Å². The fraction of sp³-hybridized carbons (Fsp3) is 0.750. The first-order valence-corrected chi connectivity index (χ1v) is 6.43. The minimum atomic E-state index is 0.896. The van der Waals surface area contributed by atoms with Gasteiger partial charge in [-0.05, 0) is 25.6 Å². The molecule has 2 rings (SSSR count). The summed E-state index contributed by atoms with van der Waals surface area (Å²) in [5.41, 5.74) is 0. The van der Waals surface area contributed by atoms with Crippen LogP contribution in [0.4, 0.5) is 0 Å². The predicted octanol–water partition coefficient (Wildman–Crippen LogP) is 0.195. The van der Waals surface area contributed by atoms with Crippen molar-refractivity contribution >= 4 is 0 Å². The zero-order chi connectivity index (χ0) is 11.8. The second-order valence-corrected chi connectivity index (χ2v) is 4.33. The minimum Gasteiger partial charge on any atom is -0.379 e. The first-order chi connectivity index (χ1) is 8.45. The van der Waals surface area contributed by atoms with Crippen molar-refractivity contribution in [1.29, 1.82) is 0 Å². The summed E-state index contributed by atoms with van der Waals surface area (Å²) in [6.07, 6.45) is 5.02. The molecule has 1 N–H and O–H groups in total. The van der Waals surface area contributed by atoms with Gasteiger partial charge in [0.15, 0.2) is 0 Å². The Kier molecular flexibility index (Phi) is 5.48. The van der Waals surface area contributed by atoms with Gasteiger partial charge in [0.25, 0.3) is 0 Å². The highest BCUT2D eigenvalue weighted by Gasteiger charge is 2.08. The molecule has 0 amide bonds. The molecule has 1 aliphatic rings. The van der Waals surface area contributed by atoms with E-state index in [9.17, 15) is 0 Å². The Hall–Kier alpha value is -0.910. The van der Waals surface area contributed by atoms with Gasteiger partial charge >= 0.3 is 0 Å². The van der Waals surface area contributed by atoms with E-state index in [1.165, 1.54) is 13.0 Å². The van der Waals surface area contributed by atoms with Gasteiger partial charge in [0.2, 0.25) is 0 Å². The van der Waals surface area contributed by atoms with Crippen LogP contribution >= 0.6 is 0 Å². The molecule has 0 atom stereocenters. The Morgan fingerprint density at radius 1 is 1.18 bits per heavy atom. The molecule has 5 heteroatoms. The monoisotopic (exact) mass is 238 g/mol. The van der Waals surface area contributed by atoms with Crippen molar-refractivity contribution in [3.05, 3.63) is 18.5 Å². The summed E-state index contributed by atoms with van der Waals surface area (Å²) >= 11 is 0. The van der Waals surface area contributed by atoms with Crippen LogP contribution in [0.5, 0.6) is 0 Å². The maximum Gasteiger partial charge on any atom is 0.0594 e. The molecule has 5 nitrogen and oxygen atoms in total. The molecule has 1 fully saturated rings. The van der Waals surface area contributed by atoms with Gasteiger partial charge < -0.3 is 10.1 Å². The summed E-state index contributed by atoms with van der Waals surface area (Å²) in [6.45, 7) is 8.17. The van der Waals surface area contributed by atoms with E-state index in [4.69, 9.17) is 4.74 Å². The second-order valence-electron chi connectivity index (χ2n) is 4.33. The number of hydrogen-bond donors (Lipinski definition) is 1. The van der Waals surface area contributed by atoms with Crippen LogP contribution in [0.15, 0.2) is 18.5 Å². The van der Waals surface area contributed by atoms with E-state index < -0.39 is 0 Å². The Morgan fingerprint density at radius 2 is 2.06 bits per heavy atom. The first-order valence-electron chi connectivity index (χ1n) is 6.43.